The number of nitrogens with zero attached hydrogens (tertiary/aromatic N) is 6. The van der Waals surface area contributed by atoms with Gasteiger partial charge >= 0.3 is 12.1 Å². The number of aromatic nitrogens is 4. The zero-order valence-corrected chi connectivity index (χ0v) is 40.1. The van der Waals surface area contributed by atoms with Crippen LogP contribution in [0.25, 0.3) is 33.6 Å². The second-order valence-electron chi connectivity index (χ2n) is 16.6. The molecule has 4 N–H and O–H groups in total. The fourth-order valence-electron chi connectivity index (χ4n) is 8.17. The third kappa shape index (κ3) is 12.0. The van der Waals surface area contributed by atoms with Crippen LogP contribution < -0.4 is 15.4 Å². The van der Waals surface area contributed by atoms with E-state index in [9.17, 15) is 14.4 Å². The highest BCUT2D eigenvalue weighted by Crippen LogP contribution is 2.44. The number of alkyl carbamates (subject to hydrolysis) is 1. The number of benzene rings is 3. The number of carbonyl (C=O) groups is 3. The number of methoxy groups -OCH3 is 1. The number of imidazole rings is 2. The first kappa shape index (κ1) is 49.9. The molecule has 5 aromatic rings. The summed E-state index contributed by atoms with van der Waals surface area (Å²) in [6.07, 6.45) is 13.6. The summed E-state index contributed by atoms with van der Waals surface area (Å²) in [5, 5.41) is 5.99. The van der Waals surface area contributed by atoms with Crippen LogP contribution in [-0.4, -0.2) is 118 Å². The van der Waals surface area contributed by atoms with Crippen LogP contribution in [0.3, 0.4) is 0 Å². The number of hydrogen-bond acceptors (Lipinski definition) is 7. The van der Waals surface area contributed by atoms with Gasteiger partial charge in [0.05, 0.1) is 66.0 Å². The first-order valence-electron chi connectivity index (χ1n) is 22.7. The largest absolute Gasteiger partial charge is 0.488 e. The minimum Gasteiger partial charge on any atom is -0.488 e. The Kier molecular flexibility index (Phi) is 18.0. The lowest BCUT2D eigenvalue weighted by molar-refractivity contribution is -0.472. The first-order valence-corrected chi connectivity index (χ1v) is 22.7. The van der Waals surface area contributed by atoms with Crippen molar-refractivity contribution < 1.29 is 28.4 Å². The van der Waals surface area contributed by atoms with E-state index in [0.29, 0.717) is 32.1 Å². The van der Waals surface area contributed by atoms with E-state index < -0.39 is 12.1 Å². The van der Waals surface area contributed by atoms with Gasteiger partial charge in [-0.2, -0.15) is 0 Å². The number of hydrogen-bond donors (Lipinski definition) is 4. The summed E-state index contributed by atoms with van der Waals surface area (Å²) in [4.78, 5) is 61.0. The number of carbonyl (C=O) groups excluding carboxylic acids is 3. The van der Waals surface area contributed by atoms with E-state index in [2.05, 4.69) is 94.3 Å². The molecule has 0 bridgehead atoms. The topological polar surface area (TPSA) is 164 Å². The van der Waals surface area contributed by atoms with Gasteiger partial charge < -0.3 is 34.6 Å². The highest BCUT2D eigenvalue weighted by atomic mass is 16.5. The van der Waals surface area contributed by atoms with Crippen LogP contribution in [0.15, 0.2) is 66.9 Å². The van der Waals surface area contributed by atoms with Gasteiger partial charge in [0.15, 0.2) is 6.04 Å². The number of aromatic amines is 2. The van der Waals surface area contributed by atoms with E-state index in [1.807, 2.05) is 79.8 Å². The maximum atomic E-state index is 14.5. The number of fused-ring (bicyclic) bond motifs is 6. The van der Waals surface area contributed by atoms with E-state index in [-0.39, 0.29) is 24.9 Å². The normalized spacial score (nSPS) is 12.0. The Hall–Kier alpha value is -7.08. The molecule has 3 aromatic carbocycles. The van der Waals surface area contributed by atoms with Crippen molar-refractivity contribution in [2.45, 2.75) is 85.5 Å². The minimum absolute atomic E-state index is 0.0155. The molecule has 7 rings (SSSR count). The predicted octanol–water partition coefficient (Wildman–Crippen LogP) is 7.14. The van der Waals surface area contributed by atoms with Gasteiger partial charge in [0.1, 0.15) is 30.5 Å². The maximum Gasteiger partial charge on any atom is 0.407 e. The monoisotopic (exact) mass is 900 g/mol. The second-order valence-corrected chi connectivity index (χ2v) is 16.6. The van der Waals surface area contributed by atoms with Crippen LogP contribution in [0, 0.1) is 12.8 Å². The van der Waals surface area contributed by atoms with E-state index in [0.717, 1.165) is 93.7 Å². The van der Waals surface area contributed by atoms with Crippen LogP contribution in [0.4, 0.5) is 4.79 Å². The smallest absolute Gasteiger partial charge is 0.407 e. The zero-order chi connectivity index (χ0) is 47.9. The van der Waals surface area contributed by atoms with Crippen LogP contribution >= 0.6 is 0 Å². The van der Waals surface area contributed by atoms with Gasteiger partial charge in [0.25, 0.3) is 5.91 Å². The number of ether oxygens (including phenoxy) is 2. The summed E-state index contributed by atoms with van der Waals surface area (Å²) in [6.45, 7) is 10.4. The molecule has 1 aliphatic heterocycles. The molecular formula is C51H67N10O5+. The van der Waals surface area contributed by atoms with E-state index in [1.165, 1.54) is 19.1 Å². The molecule has 15 heteroatoms. The third-order valence-corrected chi connectivity index (χ3v) is 11.1. The number of rotatable bonds is 14. The minimum atomic E-state index is -0.648. The number of amides is 3. The van der Waals surface area contributed by atoms with Crippen molar-refractivity contribution in [2.24, 2.45) is 0 Å². The average Bonchev–Trinajstić information content (AvgIpc) is 3.98. The molecule has 3 heterocycles. The summed E-state index contributed by atoms with van der Waals surface area (Å²) in [7, 11) is 9.12. The summed E-state index contributed by atoms with van der Waals surface area (Å²) < 4.78 is 13.0. The molecule has 2 aromatic heterocycles. The standard InChI is InChI=1S/C46H56N10O5.C3H8.C2H2/c1-8-19-55(41(57)25-48-46(59)60-7)26-39-47-24-37(50-39)31-15-17-33-32(21-31)28-61-38-23-34-30(22-35(33)38)16-18-36-43(34)51-40(49-36)27-56(20-9-2)44(58)42(29-13-11-10-12-14-29)52-45(53(3)4)54(5)6;1-3-2;1-2/h10-15,17,21-24,42H,8-9,16,18-20,25-28H2,1-7H3,(H3,47,48,49,50,51,59);3H2,1-2H3;1-2H/p+1/t42-;;/m1../s1. The number of aryl methyl sites for hydroxylation is 2. The number of guanidine groups is 1. The molecule has 3 amide bonds. The maximum absolute atomic E-state index is 14.5. The van der Waals surface area contributed by atoms with Crippen molar-refractivity contribution in [2.75, 3.05) is 54.9 Å². The lowest BCUT2D eigenvalue weighted by Crippen LogP contribution is -2.49. The lowest BCUT2D eigenvalue weighted by Gasteiger charge is -2.27. The van der Waals surface area contributed by atoms with Crippen LogP contribution in [0.1, 0.15) is 87.0 Å². The Labute approximate surface area is 390 Å². The van der Waals surface area contributed by atoms with Gasteiger partial charge in [-0.1, -0.05) is 76.6 Å². The molecule has 0 saturated heterocycles. The Balaban J connectivity index is 0.00000157. The number of terminal acetylenes is 1. The van der Waals surface area contributed by atoms with Crippen molar-refractivity contribution in [1.29, 1.82) is 0 Å². The Morgan fingerprint density at radius 1 is 0.864 bits per heavy atom. The third-order valence-electron chi connectivity index (χ3n) is 11.1. The second kappa shape index (κ2) is 23.7. The number of nitrogens with one attached hydrogen (secondary N) is 4. The Bertz CT molecular complexity index is 2480. The SMILES string of the molecule is C#C.CCC.CCCN(Cc1ncc(-c2ccc3c(c2)COc2cc4c(cc2-3)CCc2[nH]c(CN(CCC)C(=O)[C@H](NC(N(C)C)=[N+](C)C)c3ccccc3)nc2-4)[nH]1)C(=O)CNC(=O)OC. The van der Waals surface area contributed by atoms with Gasteiger partial charge in [0, 0.05) is 29.9 Å². The van der Waals surface area contributed by atoms with Crippen molar-refractivity contribution in [3.05, 3.63) is 101 Å². The van der Waals surface area contributed by atoms with Gasteiger partial charge in [0.2, 0.25) is 5.91 Å². The van der Waals surface area contributed by atoms with Gasteiger partial charge in [-0.05, 0) is 71.7 Å². The van der Waals surface area contributed by atoms with Gasteiger partial charge in [-0.25, -0.2) is 14.8 Å². The summed E-state index contributed by atoms with van der Waals surface area (Å²) >= 11 is 0. The molecular weight excluding hydrogens is 833 g/mol. The molecule has 0 unspecified atom stereocenters. The summed E-state index contributed by atoms with van der Waals surface area (Å²) in [5.74, 6) is 2.82. The molecule has 15 nitrogen and oxygen atoms in total. The molecule has 1 aliphatic carbocycles. The Morgan fingerprint density at radius 2 is 1.56 bits per heavy atom. The molecule has 0 radical (unpaired) electrons. The zero-order valence-electron chi connectivity index (χ0n) is 40.1. The van der Waals surface area contributed by atoms with Crippen LogP contribution in [-0.2, 0) is 46.9 Å². The molecule has 1 atom stereocenters. The van der Waals surface area contributed by atoms with Crippen molar-refractivity contribution in [3.63, 3.8) is 0 Å². The lowest BCUT2D eigenvalue weighted by atomic mass is 9.86. The molecule has 2 aliphatic rings. The summed E-state index contributed by atoms with van der Waals surface area (Å²) in [5.41, 5.74) is 10.2. The van der Waals surface area contributed by atoms with E-state index >= 15 is 0 Å². The highest BCUT2D eigenvalue weighted by molar-refractivity contribution is 5.88. The molecule has 0 spiro atoms. The summed E-state index contributed by atoms with van der Waals surface area (Å²) in [6, 6.07) is 20.0. The molecule has 0 fully saturated rings. The van der Waals surface area contributed by atoms with Crippen LogP contribution in [0.5, 0.6) is 5.75 Å². The van der Waals surface area contributed by atoms with E-state index in [4.69, 9.17) is 9.72 Å². The van der Waals surface area contributed by atoms with Crippen LogP contribution in [0.2, 0.25) is 0 Å². The molecule has 350 valence electrons. The van der Waals surface area contributed by atoms with Crippen molar-refractivity contribution in [3.8, 4) is 52.2 Å². The predicted molar refractivity (Wildman–Crippen MR) is 260 cm³/mol. The molecule has 0 saturated carbocycles. The quantitative estimate of drug-likeness (QED) is 0.0393. The Morgan fingerprint density at radius 3 is 2.23 bits per heavy atom. The van der Waals surface area contributed by atoms with E-state index in [1.54, 1.807) is 11.1 Å². The van der Waals surface area contributed by atoms with Gasteiger partial charge in [-0.15, -0.1) is 12.8 Å². The van der Waals surface area contributed by atoms with Crippen molar-refractivity contribution >= 4 is 23.9 Å². The first-order chi connectivity index (χ1) is 31.9. The fraction of sp³-hybridized carbons (Fsp3) is 0.412. The van der Waals surface area contributed by atoms with Gasteiger partial charge in [-0.3, -0.25) is 24.4 Å². The highest BCUT2D eigenvalue weighted by Gasteiger charge is 2.33. The number of H-pyrrole nitrogens is 2. The average molecular weight is 900 g/mol. The van der Waals surface area contributed by atoms with Crippen molar-refractivity contribution in [1.82, 2.24) is 45.3 Å². The fourth-order valence-corrected chi connectivity index (χ4v) is 8.17. The molecule has 66 heavy (non-hydrogen) atoms.